The van der Waals surface area contributed by atoms with Crippen molar-refractivity contribution < 1.29 is 14.0 Å². The van der Waals surface area contributed by atoms with E-state index in [0.29, 0.717) is 43.4 Å². The summed E-state index contributed by atoms with van der Waals surface area (Å²) in [4.78, 5) is 28.3. The maximum atomic E-state index is 12.2. The lowest BCUT2D eigenvalue weighted by Crippen LogP contribution is -2.49. The number of carbonyl (C=O) groups excluding carboxylic acids is 2. The number of rotatable bonds is 7. The predicted octanol–water partition coefficient (Wildman–Crippen LogP) is 2.44. The Labute approximate surface area is 164 Å². The molecule has 1 N–H and O–H groups in total. The first-order valence-electron chi connectivity index (χ1n) is 9.18. The fourth-order valence-electron chi connectivity index (χ4n) is 3.12. The first-order chi connectivity index (χ1) is 13.1. The number of hydrogen-bond donors (Lipinski definition) is 1. The molecule has 0 bridgehead atoms. The van der Waals surface area contributed by atoms with Crippen molar-refractivity contribution in [1.82, 2.24) is 15.1 Å². The normalized spacial score (nSPS) is 14.9. The number of carbonyl (C=O) groups is 2. The second-order valence-corrected chi connectivity index (χ2v) is 7.03. The fourth-order valence-corrected chi connectivity index (χ4v) is 3.33. The van der Waals surface area contributed by atoms with Gasteiger partial charge in [-0.1, -0.05) is 23.7 Å². The van der Waals surface area contributed by atoms with Crippen molar-refractivity contribution in [2.75, 3.05) is 39.3 Å². The van der Waals surface area contributed by atoms with Crippen LogP contribution in [0.4, 0.5) is 0 Å². The Kier molecular flexibility index (Phi) is 6.90. The highest BCUT2D eigenvalue weighted by atomic mass is 35.5. The number of nitrogens with zero attached hydrogens (tertiary/aromatic N) is 2. The SMILES string of the molecule is O=C(CCN1CCN(C(=O)c2ccco2)CC1)NCCc1cccc(Cl)c1. The molecule has 1 saturated heterocycles. The van der Waals surface area contributed by atoms with Crippen LogP contribution in [0.15, 0.2) is 47.1 Å². The van der Waals surface area contributed by atoms with E-state index in [1.165, 1.54) is 6.26 Å². The smallest absolute Gasteiger partial charge is 0.289 e. The van der Waals surface area contributed by atoms with E-state index in [-0.39, 0.29) is 11.8 Å². The second kappa shape index (κ2) is 9.58. The zero-order valence-electron chi connectivity index (χ0n) is 15.2. The summed E-state index contributed by atoms with van der Waals surface area (Å²) in [5.41, 5.74) is 1.11. The average Bonchev–Trinajstić information content (AvgIpc) is 3.21. The van der Waals surface area contributed by atoms with Crippen molar-refractivity contribution >= 4 is 23.4 Å². The van der Waals surface area contributed by atoms with Crippen molar-refractivity contribution in [2.45, 2.75) is 12.8 Å². The highest BCUT2D eigenvalue weighted by Gasteiger charge is 2.23. The molecule has 7 heteroatoms. The summed E-state index contributed by atoms with van der Waals surface area (Å²) < 4.78 is 5.17. The second-order valence-electron chi connectivity index (χ2n) is 6.59. The number of nitrogens with one attached hydrogen (secondary N) is 1. The summed E-state index contributed by atoms with van der Waals surface area (Å²) in [7, 11) is 0. The Bertz CT molecular complexity index is 756. The Morgan fingerprint density at radius 3 is 2.63 bits per heavy atom. The Morgan fingerprint density at radius 2 is 1.93 bits per heavy atom. The lowest BCUT2D eigenvalue weighted by molar-refractivity contribution is -0.121. The van der Waals surface area contributed by atoms with E-state index < -0.39 is 0 Å². The molecule has 2 aromatic rings. The molecule has 1 aromatic heterocycles. The van der Waals surface area contributed by atoms with E-state index >= 15 is 0 Å². The van der Waals surface area contributed by atoms with E-state index in [1.54, 1.807) is 17.0 Å². The molecule has 2 heterocycles. The lowest BCUT2D eigenvalue weighted by Gasteiger charge is -2.34. The van der Waals surface area contributed by atoms with Gasteiger partial charge in [0, 0.05) is 50.7 Å². The van der Waals surface area contributed by atoms with Crippen molar-refractivity contribution in [3.63, 3.8) is 0 Å². The summed E-state index contributed by atoms with van der Waals surface area (Å²) >= 11 is 5.96. The van der Waals surface area contributed by atoms with Crippen LogP contribution in [0.1, 0.15) is 22.5 Å². The lowest BCUT2D eigenvalue weighted by atomic mass is 10.1. The molecule has 0 unspecified atom stereocenters. The number of furan rings is 1. The summed E-state index contributed by atoms with van der Waals surface area (Å²) in [5, 5.41) is 3.66. The summed E-state index contributed by atoms with van der Waals surface area (Å²) in [5.74, 6) is 0.354. The molecule has 0 radical (unpaired) electrons. The van der Waals surface area contributed by atoms with Gasteiger partial charge in [-0.15, -0.1) is 0 Å². The van der Waals surface area contributed by atoms with Crippen molar-refractivity contribution in [1.29, 1.82) is 0 Å². The number of piperazine rings is 1. The number of hydrogen-bond acceptors (Lipinski definition) is 4. The summed E-state index contributed by atoms with van der Waals surface area (Å²) in [6, 6.07) is 11.1. The Hall–Kier alpha value is -2.31. The van der Waals surface area contributed by atoms with Gasteiger partial charge in [-0.2, -0.15) is 0 Å². The Morgan fingerprint density at radius 1 is 1.11 bits per heavy atom. The van der Waals surface area contributed by atoms with Gasteiger partial charge in [-0.3, -0.25) is 14.5 Å². The van der Waals surface area contributed by atoms with Crippen LogP contribution in [0, 0.1) is 0 Å². The molecule has 1 fully saturated rings. The largest absolute Gasteiger partial charge is 0.459 e. The van der Waals surface area contributed by atoms with Gasteiger partial charge >= 0.3 is 0 Å². The third kappa shape index (κ3) is 5.84. The molecule has 3 rings (SSSR count). The molecule has 0 atom stereocenters. The van der Waals surface area contributed by atoms with Crippen LogP contribution in [0.2, 0.25) is 5.02 Å². The van der Waals surface area contributed by atoms with Gasteiger partial charge < -0.3 is 14.6 Å². The molecule has 1 aliphatic heterocycles. The maximum absolute atomic E-state index is 12.2. The molecule has 2 amide bonds. The first-order valence-corrected chi connectivity index (χ1v) is 9.56. The molecular formula is C20H24ClN3O3. The van der Waals surface area contributed by atoms with Crippen LogP contribution < -0.4 is 5.32 Å². The van der Waals surface area contributed by atoms with Gasteiger partial charge in [0.1, 0.15) is 0 Å². The minimum absolute atomic E-state index is 0.0473. The van der Waals surface area contributed by atoms with Crippen LogP contribution >= 0.6 is 11.6 Å². The van der Waals surface area contributed by atoms with Gasteiger partial charge in [-0.05, 0) is 36.2 Å². The van der Waals surface area contributed by atoms with Crippen LogP contribution in [0.5, 0.6) is 0 Å². The van der Waals surface area contributed by atoms with E-state index in [0.717, 1.165) is 25.1 Å². The third-order valence-corrected chi connectivity index (χ3v) is 4.91. The first kappa shape index (κ1) is 19.5. The molecule has 6 nitrogen and oxygen atoms in total. The molecule has 0 spiro atoms. The number of halogens is 1. The van der Waals surface area contributed by atoms with Gasteiger partial charge in [-0.25, -0.2) is 0 Å². The standard InChI is InChI=1S/C20H24ClN3O3/c21-17-4-1-3-16(15-17)6-8-22-19(25)7-9-23-10-12-24(13-11-23)20(26)18-5-2-14-27-18/h1-5,14-15H,6-13H2,(H,22,25). The fraction of sp³-hybridized carbons (Fsp3) is 0.400. The van der Waals surface area contributed by atoms with E-state index in [2.05, 4.69) is 10.2 Å². The van der Waals surface area contributed by atoms with Crippen molar-refractivity contribution in [2.24, 2.45) is 0 Å². The molecule has 0 aliphatic carbocycles. The maximum Gasteiger partial charge on any atom is 0.289 e. The van der Waals surface area contributed by atoms with E-state index in [9.17, 15) is 9.59 Å². The van der Waals surface area contributed by atoms with E-state index in [1.807, 2.05) is 24.3 Å². The monoisotopic (exact) mass is 389 g/mol. The topological polar surface area (TPSA) is 65.8 Å². The zero-order valence-corrected chi connectivity index (χ0v) is 16.0. The molecule has 0 saturated carbocycles. The molecule has 27 heavy (non-hydrogen) atoms. The molecule has 1 aliphatic rings. The highest BCUT2D eigenvalue weighted by molar-refractivity contribution is 6.30. The van der Waals surface area contributed by atoms with Crippen LogP contribution in [0.3, 0.4) is 0 Å². The third-order valence-electron chi connectivity index (χ3n) is 4.67. The van der Waals surface area contributed by atoms with Crippen LogP contribution in [0.25, 0.3) is 0 Å². The van der Waals surface area contributed by atoms with E-state index in [4.69, 9.17) is 16.0 Å². The van der Waals surface area contributed by atoms with Gasteiger partial charge in [0.05, 0.1) is 6.26 Å². The van der Waals surface area contributed by atoms with Crippen molar-refractivity contribution in [3.8, 4) is 0 Å². The highest BCUT2D eigenvalue weighted by Crippen LogP contribution is 2.11. The average molecular weight is 390 g/mol. The van der Waals surface area contributed by atoms with Gasteiger partial charge in [0.2, 0.25) is 5.91 Å². The number of amides is 2. The number of benzene rings is 1. The Balaban J connectivity index is 1.31. The molecule has 144 valence electrons. The van der Waals surface area contributed by atoms with Crippen LogP contribution in [-0.2, 0) is 11.2 Å². The van der Waals surface area contributed by atoms with Crippen LogP contribution in [-0.4, -0.2) is 60.9 Å². The van der Waals surface area contributed by atoms with Gasteiger partial charge in [0.15, 0.2) is 5.76 Å². The molecule has 1 aromatic carbocycles. The molecular weight excluding hydrogens is 366 g/mol. The predicted molar refractivity (Wildman–Crippen MR) is 104 cm³/mol. The van der Waals surface area contributed by atoms with Crippen molar-refractivity contribution in [3.05, 3.63) is 59.0 Å². The summed E-state index contributed by atoms with van der Waals surface area (Å²) in [6.07, 6.45) is 2.73. The minimum Gasteiger partial charge on any atom is -0.459 e. The zero-order chi connectivity index (χ0) is 19.1. The quantitative estimate of drug-likeness (QED) is 0.789. The minimum atomic E-state index is -0.0709. The van der Waals surface area contributed by atoms with Gasteiger partial charge in [0.25, 0.3) is 5.91 Å². The summed E-state index contributed by atoms with van der Waals surface area (Å²) in [6.45, 7) is 4.13.